The number of aliphatic carboxylic acids is 1. The molecule has 9 nitrogen and oxygen atoms in total. The highest BCUT2D eigenvalue weighted by atomic mass is 16.7. The Balaban J connectivity index is 1.84. The molecule has 0 unspecified atom stereocenters. The summed E-state index contributed by atoms with van der Waals surface area (Å²) in [4.78, 5) is 38.1. The van der Waals surface area contributed by atoms with Gasteiger partial charge in [0.25, 0.3) is 0 Å². The third-order valence-electron chi connectivity index (χ3n) is 5.71. The molecule has 5 rings (SSSR count). The first-order chi connectivity index (χ1) is 13.6. The van der Waals surface area contributed by atoms with Crippen molar-refractivity contribution < 1.29 is 44.3 Å². The summed E-state index contributed by atoms with van der Waals surface area (Å²) in [7, 11) is 0. The lowest BCUT2D eigenvalue weighted by atomic mass is 9.79. The summed E-state index contributed by atoms with van der Waals surface area (Å²) in [6.45, 7) is 1.55. The van der Waals surface area contributed by atoms with Gasteiger partial charge in [0.2, 0.25) is 17.2 Å². The van der Waals surface area contributed by atoms with Crippen molar-refractivity contribution in [3.05, 3.63) is 46.0 Å². The Hall–Kier alpha value is -3.59. The summed E-state index contributed by atoms with van der Waals surface area (Å²) in [5.74, 6) is -6.06. The molecule has 1 fully saturated rings. The zero-order valence-corrected chi connectivity index (χ0v) is 15.0. The minimum atomic E-state index is -1.93. The van der Waals surface area contributed by atoms with Gasteiger partial charge in [-0.15, -0.1) is 0 Å². The molecule has 2 bridgehead atoms. The van der Waals surface area contributed by atoms with Gasteiger partial charge >= 0.3 is 5.97 Å². The van der Waals surface area contributed by atoms with Crippen molar-refractivity contribution in [3.8, 4) is 23.0 Å². The van der Waals surface area contributed by atoms with Gasteiger partial charge in [0.05, 0.1) is 16.7 Å². The smallest absolute Gasteiger partial charge is 0.341 e. The van der Waals surface area contributed by atoms with E-state index in [2.05, 4.69) is 0 Å². The summed E-state index contributed by atoms with van der Waals surface area (Å²) in [6.07, 6.45) is 0.213. The minimum Gasteiger partial charge on any atom is -0.508 e. The number of carboxylic acid groups (broad SMARTS) is 1. The van der Waals surface area contributed by atoms with Crippen LogP contribution in [0.3, 0.4) is 0 Å². The summed E-state index contributed by atoms with van der Waals surface area (Å²) in [5, 5.41) is 40.6. The number of phenols is 3. The minimum absolute atomic E-state index is 0.00394. The summed E-state index contributed by atoms with van der Waals surface area (Å²) in [6, 6.07) is 3.15. The molecule has 0 spiro atoms. The van der Waals surface area contributed by atoms with Gasteiger partial charge < -0.3 is 29.9 Å². The largest absolute Gasteiger partial charge is 0.508 e. The number of ether oxygens (including phenoxy) is 2. The molecule has 1 saturated heterocycles. The predicted octanol–water partition coefficient (Wildman–Crippen LogP) is 1.78. The Morgan fingerprint density at radius 3 is 2.38 bits per heavy atom. The van der Waals surface area contributed by atoms with Gasteiger partial charge in [-0.1, -0.05) is 0 Å². The topological polar surface area (TPSA) is 151 Å². The molecule has 4 N–H and O–H groups in total. The Labute approximate surface area is 162 Å². The first-order valence-electron chi connectivity index (χ1n) is 8.76. The Morgan fingerprint density at radius 1 is 1.00 bits per heavy atom. The molecular formula is C20H14O9. The molecule has 2 aromatic carbocycles. The highest BCUT2D eigenvalue weighted by Gasteiger charge is 2.61. The van der Waals surface area contributed by atoms with Crippen LogP contribution in [0, 0.1) is 0 Å². The third kappa shape index (κ3) is 1.99. The molecule has 3 aliphatic rings. The van der Waals surface area contributed by atoms with Gasteiger partial charge in [-0.05, 0) is 18.6 Å². The van der Waals surface area contributed by atoms with Crippen molar-refractivity contribution in [2.75, 3.05) is 0 Å². The van der Waals surface area contributed by atoms with Crippen LogP contribution < -0.4 is 4.74 Å². The molecule has 0 saturated carbocycles. The Bertz CT molecular complexity index is 1180. The van der Waals surface area contributed by atoms with Crippen LogP contribution in [0.1, 0.15) is 57.2 Å². The lowest BCUT2D eigenvalue weighted by Crippen LogP contribution is -2.46. The number of carbonyl (C=O) groups excluding carboxylic acids is 2. The number of benzene rings is 2. The average Bonchev–Trinajstić information content (AvgIpc) is 2.91. The zero-order valence-electron chi connectivity index (χ0n) is 15.0. The number of carboxylic acids is 1. The van der Waals surface area contributed by atoms with E-state index >= 15 is 0 Å². The normalized spacial score (nSPS) is 26.4. The predicted molar refractivity (Wildman–Crippen MR) is 93.4 cm³/mol. The Kier molecular flexibility index (Phi) is 3.06. The number of phenolic OH excluding ortho intramolecular Hbond substituents is 3. The number of aromatic hydroxyl groups is 3. The van der Waals surface area contributed by atoms with E-state index in [0.717, 1.165) is 12.1 Å². The fourth-order valence-corrected chi connectivity index (χ4v) is 4.44. The zero-order chi connectivity index (χ0) is 20.9. The van der Waals surface area contributed by atoms with Gasteiger partial charge in [0, 0.05) is 30.5 Å². The second-order valence-electron chi connectivity index (χ2n) is 7.54. The first-order valence-corrected chi connectivity index (χ1v) is 8.76. The van der Waals surface area contributed by atoms with Gasteiger partial charge in [-0.3, -0.25) is 9.59 Å². The van der Waals surface area contributed by atoms with E-state index in [1.807, 2.05) is 0 Å². The third-order valence-corrected chi connectivity index (χ3v) is 5.71. The maximum atomic E-state index is 13.1. The van der Waals surface area contributed by atoms with Crippen molar-refractivity contribution in [2.45, 2.75) is 31.2 Å². The lowest BCUT2D eigenvalue weighted by molar-refractivity contribution is -0.226. The molecule has 2 atom stereocenters. The van der Waals surface area contributed by atoms with Gasteiger partial charge in [0.15, 0.2) is 5.78 Å². The maximum Gasteiger partial charge on any atom is 0.341 e. The number of ketones is 2. The van der Waals surface area contributed by atoms with Crippen molar-refractivity contribution in [1.29, 1.82) is 0 Å². The SMILES string of the molecule is C[C@@]12CC[C@@](C(=O)O)(O1)c1c(cc3c(c1O)C(=O)c1c(O)cc(O)cc1C3=O)O2. The molecule has 9 heteroatoms. The second kappa shape index (κ2) is 5.06. The van der Waals surface area contributed by atoms with Crippen LogP contribution in [0.5, 0.6) is 23.0 Å². The number of hydrogen-bond donors (Lipinski definition) is 4. The quantitative estimate of drug-likeness (QED) is 0.481. The maximum absolute atomic E-state index is 13.1. The molecule has 2 heterocycles. The fourth-order valence-electron chi connectivity index (χ4n) is 4.44. The highest BCUT2D eigenvalue weighted by Crippen LogP contribution is 2.57. The van der Waals surface area contributed by atoms with Crippen LogP contribution in [-0.4, -0.2) is 43.7 Å². The number of hydrogen-bond acceptors (Lipinski definition) is 8. The first kappa shape index (κ1) is 17.5. The van der Waals surface area contributed by atoms with Gasteiger partial charge in [0.1, 0.15) is 23.0 Å². The Morgan fingerprint density at radius 2 is 1.69 bits per heavy atom. The van der Waals surface area contributed by atoms with Crippen LogP contribution in [0.2, 0.25) is 0 Å². The highest BCUT2D eigenvalue weighted by molar-refractivity contribution is 6.30. The van der Waals surface area contributed by atoms with Crippen molar-refractivity contribution >= 4 is 17.5 Å². The molecular weight excluding hydrogens is 384 g/mol. The number of carbonyl (C=O) groups is 3. The van der Waals surface area contributed by atoms with E-state index in [1.54, 1.807) is 6.92 Å². The lowest BCUT2D eigenvalue weighted by Gasteiger charge is -2.38. The molecule has 0 radical (unpaired) electrons. The van der Waals surface area contributed by atoms with Crippen LogP contribution in [0.4, 0.5) is 0 Å². The van der Waals surface area contributed by atoms with Gasteiger partial charge in [-0.2, -0.15) is 0 Å². The monoisotopic (exact) mass is 398 g/mol. The molecule has 0 aromatic heterocycles. The van der Waals surface area contributed by atoms with E-state index in [-0.39, 0.29) is 40.8 Å². The van der Waals surface area contributed by atoms with Crippen LogP contribution in [0.15, 0.2) is 18.2 Å². The van der Waals surface area contributed by atoms with Gasteiger partial charge in [-0.25, -0.2) is 4.79 Å². The van der Waals surface area contributed by atoms with Crippen molar-refractivity contribution in [1.82, 2.24) is 0 Å². The van der Waals surface area contributed by atoms with Crippen LogP contribution >= 0.6 is 0 Å². The second-order valence-corrected chi connectivity index (χ2v) is 7.54. The van der Waals surface area contributed by atoms with E-state index in [4.69, 9.17) is 9.47 Å². The van der Waals surface area contributed by atoms with Crippen molar-refractivity contribution in [3.63, 3.8) is 0 Å². The van der Waals surface area contributed by atoms with E-state index in [9.17, 15) is 34.8 Å². The molecule has 148 valence electrons. The van der Waals surface area contributed by atoms with E-state index < -0.39 is 51.7 Å². The summed E-state index contributed by atoms with van der Waals surface area (Å²) in [5.41, 5.74) is -3.43. The van der Waals surface area contributed by atoms with Crippen LogP contribution in [0.25, 0.3) is 0 Å². The molecule has 2 aromatic rings. The summed E-state index contributed by atoms with van der Waals surface area (Å²) >= 11 is 0. The fraction of sp³-hybridized carbons (Fsp3) is 0.250. The molecule has 2 aliphatic heterocycles. The molecule has 0 amide bonds. The number of rotatable bonds is 1. The van der Waals surface area contributed by atoms with E-state index in [0.29, 0.717) is 0 Å². The average molecular weight is 398 g/mol. The standard InChI is InChI=1S/C20H14O9/c1-19-2-3-20(29-19,18(26)27)14-11(28-19)6-9-13(17(14)25)16(24)12-8(15(9)23)4-7(21)5-10(12)22/h4-6,21-22,25H,2-3H2,1H3,(H,26,27)/t19-,20+/m0/s1. The van der Waals surface area contributed by atoms with Crippen molar-refractivity contribution in [2.24, 2.45) is 0 Å². The molecule has 1 aliphatic carbocycles. The molecule has 29 heavy (non-hydrogen) atoms. The number of fused-ring (bicyclic) bond motifs is 6. The van der Waals surface area contributed by atoms with E-state index in [1.165, 1.54) is 6.07 Å². The van der Waals surface area contributed by atoms with Crippen LogP contribution in [-0.2, 0) is 15.1 Å². The summed E-state index contributed by atoms with van der Waals surface area (Å²) < 4.78 is 11.4.